The van der Waals surface area contributed by atoms with E-state index in [1.165, 1.54) is 0 Å². The van der Waals surface area contributed by atoms with Gasteiger partial charge in [-0.2, -0.15) is 5.10 Å². The minimum Gasteiger partial charge on any atom is -0.385 e. The predicted molar refractivity (Wildman–Crippen MR) is 61.2 cm³/mol. The maximum absolute atomic E-state index is 11.7. The van der Waals surface area contributed by atoms with Crippen molar-refractivity contribution in [1.82, 2.24) is 15.1 Å². The first kappa shape index (κ1) is 12.7. The maximum Gasteiger partial charge on any atom is 0.244 e. The number of hydrogen-bond acceptors (Lipinski definition) is 3. The van der Waals surface area contributed by atoms with Gasteiger partial charge in [0.05, 0.1) is 0 Å². The summed E-state index contributed by atoms with van der Waals surface area (Å²) in [6, 6.07) is 1.62. The van der Waals surface area contributed by atoms with E-state index in [4.69, 9.17) is 4.74 Å². The van der Waals surface area contributed by atoms with Gasteiger partial charge < -0.3 is 10.1 Å². The number of nitrogens with zero attached hydrogens (tertiary/aromatic N) is 2. The van der Waals surface area contributed by atoms with Crippen LogP contribution in [0.4, 0.5) is 0 Å². The summed E-state index contributed by atoms with van der Waals surface area (Å²) in [6.45, 7) is 5.07. The molecule has 1 rings (SSSR count). The molecule has 0 fully saturated rings. The van der Waals surface area contributed by atoms with Gasteiger partial charge in [-0.25, -0.2) is 0 Å². The number of rotatable bonds is 6. The van der Waals surface area contributed by atoms with Crippen molar-refractivity contribution in [3.8, 4) is 0 Å². The molecule has 1 aromatic rings. The molecule has 0 aromatic carbocycles. The average molecular weight is 225 g/mol. The lowest BCUT2D eigenvalue weighted by Gasteiger charge is -2.14. The summed E-state index contributed by atoms with van der Waals surface area (Å²) in [4.78, 5) is 11.7. The summed E-state index contributed by atoms with van der Waals surface area (Å²) >= 11 is 0. The molecule has 0 bridgehead atoms. The summed E-state index contributed by atoms with van der Waals surface area (Å²) < 4.78 is 6.62. The fourth-order valence-electron chi connectivity index (χ4n) is 1.47. The molecule has 0 aliphatic heterocycles. The number of hydrogen-bond donors (Lipinski definition) is 1. The molecule has 5 heteroatoms. The van der Waals surface area contributed by atoms with Crippen LogP contribution in [0.5, 0.6) is 0 Å². The number of carbonyl (C=O) groups excluding carboxylic acids is 1. The molecule has 1 N–H and O–H groups in total. The first-order valence-electron chi connectivity index (χ1n) is 5.43. The number of amides is 1. The molecule has 16 heavy (non-hydrogen) atoms. The first-order chi connectivity index (χ1) is 7.66. The number of nitrogens with one attached hydrogen (secondary N) is 1. The van der Waals surface area contributed by atoms with Crippen molar-refractivity contribution in [1.29, 1.82) is 0 Å². The fraction of sp³-hybridized carbons (Fsp3) is 0.636. The molecule has 1 atom stereocenters. The van der Waals surface area contributed by atoms with Gasteiger partial charge in [-0.1, -0.05) is 0 Å². The molecule has 0 aliphatic carbocycles. The van der Waals surface area contributed by atoms with Crippen LogP contribution in [0.3, 0.4) is 0 Å². The highest BCUT2D eigenvalue weighted by Gasteiger charge is 2.15. The molecule has 90 valence electrons. The molecule has 1 amide bonds. The van der Waals surface area contributed by atoms with Crippen LogP contribution in [-0.2, 0) is 9.53 Å². The summed E-state index contributed by atoms with van der Waals surface area (Å²) in [5.74, 6) is -0.0112. The van der Waals surface area contributed by atoms with Crippen LogP contribution in [0, 0.1) is 6.92 Å². The zero-order valence-corrected chi connectivity index (χ0v) is 10.1. The Hall–Kier alpha value is -1.36. The van der Waals surface area contributed by atoms with E-state index in [1.807, 2.05) is 19.9 Å². The largest absolute Gasteiger partial charge is 0.385 e. The lowest BCUT2D eigenvalue weighted by Crippen LogP contribution is -2.32. The minimum atomic E-state index is -0.266. The van der Waals surface area contributed by atoms with E-state index in [9.17, 15) is 4.79 Å². The molecule has 0 saturated heterocycles. The van der Waals surface area contributed by atoms with E-state index < -0.39 is 0 Å². The van der Waals surface area contributed by atoms with Gasteiger partial charge in [-0.05, 0) is 26.3 Å². The molecular formula is C11H19N3O2. The van der Waals surface area contributed by atoms with Crippen LogP contribution in [0.15, 0.2) is 12.3 Å². The Bertz CT molecular complexity index is 336. The summed E-state index contributed by atoms with van der Waals surface area (Å²) in [7, 11) is 1.65. The third-order valence-electron chi connectivity index (χ3n) is 2.44. The number of aryl methyl sites for hydroxylation is 1. The fourth-order valence-corrected chi connectivity index (χ4v) is 1.47. The van der Waals surface area contributed by atoms with Crippen LogP contribution in [0.1, 0.15) is 25.1 Å². The van der Waals surface area contributed by atoms with E-state index in [0.717, 1.165) is 12.1 Å². The number of carbonyl (C=O) groups is 1. The van der Waals surface area contributed by atoms with Crippen LogP contribution in [0.25, 0.3) is 0 Å². The van der Waals surface area contributed by atoms with Crippen LogP contribution in [0.2, 0.25) is 0 Å². The monoisotopic (exact) mass is 225 g/mol. The summed E-state index contributed by atoms with van der Waals surface area (Å²) in [6.07, 6.45) is 2.52. The summed E-state index contributed by atoms with van der Waals surface area (Å²) in [5.41, 5.74) is 0.986. The van der Waals surface area contributed by atoms with Crippen molar-refractivity contribution in [2.24, 2.45) is 0 Å². The Morgan fingerprint density at radius 3 is 3.00 bits per heavy atom. The molecule has 1 unspecified atom stereocenters. The van der Waals surface area contributed by atoms with Crippen LogP contribution in [-0.4, -0.2) is 35.9 Å². The van der Waals surface area contributed by atoms with Gasteiger partial charge in [0.25, 0.3) is 0 Å². The van der Waals surface area contributed by atoms with E-state index in [-0.39, 0.29) is 11.9 Å². The van der Waals surface area contributed by atoms with Crippen molar-refractivity contribution in [2.45, 2.75) is 26.3 Å². The van der Waals surface area contributed by atoms with Crippen molar-refractivity contribution < 1.29 is 9.53 Å². The number of methoxy groups -OCH3 is 1. The quantitative estimate of drug-likeness (QED) is 0.732. The van der Waals surface area contributed by atoms with E-state index >= 15 is 0 Å². The van der Waals surface area contributed by atoms with Crippen LogP contribution >= 0.6 is 0 Å². The Morgan fingerprint density at radius 1 is 1.69 bits per heavy atom. The predicted octanol–water partition coefficient (Wildman–Crippen LogP) is 0.905. The second-order valence-electron chi connectivity index (χ2n) is 3.73. The maximum atomic E-state index is 11.7. The highest BCUT2D eigenvalue weighted by Crippen LogP contribution is 2.07. The van der Waals surface area contributed by atoms with E-state index in [0.29, 0.717) is 13.2 Å². The molecule has 0 saturated carbocycles. The highest BCUT2D eigenvalue weighted by atomic mass is 16.5. The first-order valence-corrected chi connectivity index (χ1v) is 5.43. The van der Waals surface area contributed by atoms with Crippen molar-refractivity contribution in [3.63, 3.8) is 0 Å². The van der Waals surface area contributed by atoms with Crippen molar-refractivity contribution >= 4 is 5.91 Å². The lowest BCUT2D eigenvalue weighted by atomic mass is 10.3. The minimum absolute atomic E-state index is 0.0112. The van der Waals surface area contributed by atoms with Crippen molar-refractivity contribution in [2.75, 3.05) is 20.3 Å². The van der Waals surface area contributed by atoms with Gasteiger partial charge >= 0.3 is 0 Å². The molecule has 1 aromatic heterocycles. The Morgan fingerprint density at radius 2 is 2.44 bits per heavy atom. The smallest absolute Gasteiger partial charge is 0.244 e. The van der Waals surface area contributed by atoms with Gasteiger partial charge in [0.2, 0.25) is 5.91 Å². The number of aromatic nitrogens is 2. The van der Waals surface area contributed by atoms with Gasteiger partial charge in [-0.3, -0.25) is 9.48 Å². The van der Waals surface area contributed by atoms with Gasteiger partial charge in [0, 0.05) is 32.2 Å². The third kappa shape index (κ3) is 3.34. The zero-order chi connectivity index (χ0) is 12.0. The summed E-state index contributed by atoms with van der Waals surface area (Å²) in [5, 5.41) is 6.97. The zero-order valence-electron chi connectivity index (χ0n) is 10.1. The topological polar surface area (TPSA) is 56.1 Å². The number of ether oxygens (including phenoxy) is 1. The molecule has 0 spiro atoms. The second kappa shape index (κ2) is 6.27. The van der Waals surface area contributed by atoms with E-state index in [2.05, 4.69) is 10.4 Å². The van der Waals surface area contributed by atoms with Crippen molar-refractivity contribution in [3.05, 3.63) is 18.0 Å². The van der Waals surface area contributed by atoms with Gasteiger partial charge in [0.15, 0.2) is 0 Å². The van der Waals surface area contributed by atoms with Crippen LogP contribution < -0.4 is 5.32 Å². The Labute approximate surface area is 95.8 Å². The molecule has 0 radical (unpaired) electrons. The molecular weight excluding hydrogens is 206 g/mol. The third-order valence-corrected chi connectivity index (χ3v) is 2.44. The van der Waals surface area contributed by atoms with E-state index in [1.54, 1.807) is 18.0 Å². The standard InChI is InChI=1S/C11H19N3O2/c1-9-5-7-13-14(9)10(2)11(15)12-6-4-8-16-3/h5,7,10H,4,6,8H2,1-3H3,(H,12,15). The average Bonchev–Trinajstić information content (AvgIpc) is 2.69. The molecule has 0 aliphatic rings. The van der Waals surface area contributed by atoms with Gasteiger partial charge in [-0.15, -0.1) is 0 Å². The van der Waals surface area contributed by atoms with Gasteiger partial charge in [0.1, 0.15) is 6.04 Å². The lowest BCUT2D eigenvalue weighted by molar-refractivity contribution is -0.124. The SMILES string of the molecule is COCCCNC(=O)C(C)n1nccc1C. The molecule has 5 nitrogen and oxygen atoms in total. The molecule has 1 heterocycles. The highest BCUT2D eigenvalue weighted by molar-refractivity contribution is 5.79. The second-order valence-corrected chi connectivity index (χ2v) is 3.73. The normalized spacial score (nSPS) is 12.4. The Balaban J connectivity index is 2.40. The Kier molecular flexibility index (Phi) is 4.98.